The minimum Gasteiger partial charge on any atom is -0.497 e. The van der Waals surface area contributed by atoms with E-state index in [2.05, 4.69) is 58.6 Å². The molecule has 0 saturated heterocycles. The molecular formula is C27H26N4O2. The van der Waals surface area contributed by atoms with Gasteiger partial charge in [-0.15, -0.1) is 0 Å². The summed E-state index contributed by atoms with van der Waals surface area (Å²) in [5.41, 5.74) is 5.52. The van der Waals surface area contributed by atoms with Crippen molar-refractivity contribution in [3.63, 3.8) is 0 Å². The highest BCUT2D eigenvalue weighted by atomic mass is 16.5. The van der Waals surface area contributed by atoms with Crippen molar-refractivity contribution in [2.24, 2.45) is 7.05 Å². The molecule has 33 heavy (non-hydrogen) atoms. The number of aromatic amines is 1. The molecule has 0 amide bonds. The third kappa shape index (κ3) is 4.32. The molecule has 0 aliphatic rings. The molecular weight excluding hydrogens is 412 g/mol. The molecule has 3 aromatic heterocycles. The van der Waals surface area contributed by atoms with Gasteiger partial charge in [0, 0.05) is 73.0 Å². The van der Waals surface area contributed by atoms with Crippen molar-refractivity contribution in [3.8, 4) is 22.6 Å². The number of nitrogens with zero attached hydrogens (tertiary/aromatic N) is 3. The zero-order valence-corrected chi connectivity index (χ0v) is 18.9. The van der Waals surface area contributed by atoms with Crippen LogP contribution in [-0.2, 0) is 13.5 Å². The first-order valence-corrected chi connectivity index (χ1v) is 10.9. The molecule has 0 fully saturated rings. The highest BCUT2D eigenvalue weighted by Crippen LogP contribution is 2.35. The van der Waals surface area contributed by atoms with Crippen LogP contribution in [0.1, 0.15) is 22.9 Å². The van der Waals surface area contributed by atoms with E-state index < -0.39 is 0 Å². The average Bonchev–Trinajstić information content (AvgIpc) is 3.53. The summed E-state index contributed by atoms with van der Waals surface area (Å²) in [6, 6.07) is 16.8. The normalized spacial score (nSPS) is 12.1. The number of hydrogen-bond acceptors (Lipinski definition) is 4. The molecule has 3 heterocycles. The molecule has 2 aromatic carbocycles. The number of hydrogen-bond donors (Lipinski definition) is 1. The molecule has 5 aromatic rings. The van der Waals surface area contributed by atoms with Gasteiger partial charge in [0.1, 0.15) is 17.3 Å². The van der Waals surface area contributed by atoms with Gasteiger partial charge >= 0.3 is 0 Å². The van der Waals surface area contributed by atoms with Gasteiger partial charge in [-0.25, -0.2) is 4.98 Å². The fourth-order valence-electron chi connectivity index (χ4n) is 4.26. The molecule has 0 bridgehead atoms. The summed E-state index contributed by atoms with van der Waals surface area (Å²) in [6.07, 6.45) is 10.5. The lowest BCUT2D eigenvalue weighted by atomic mass is 9.87. The first-order chi connectivity index (χ1) is 16.1. The number of aromatic nitrogens is 4. The Hall–Kier alpha value is -4.06. The highest BCUT2D eigenvalue weighted by Gasteiger charge is 2.19. The van der Waals surface area contributed by atoms with E-state index in [-0.39, 0.29) is 5.92 Å². The molecule has 0 radical (unpaired) electrons. The molecule has 0 aliphatic heterocycles. The Labute approximate surface area is 192 Å². The van der Waals surface area contributed by atoms with Crippen LogP contribution >= 0.6 is 0 Å². The number of H-pyrrole nitrogens is 1. The smallest absolute Gasteiger partial charge is 0.122 e. The maximum Gasteiger partial charge on any atom is 0.122 e. The molecule has 0 aliphatic carbocycles. The van der Waals surface area contributed by atoms with Crippen molar-refractivity contribution in [1.29, 1.82) is 0 Å². The van der Waals surface area contributed by atoms with Crippen molar-refractivity contribution >= 4 is 10.9 Å². The molecule has 0 saturated carbocycles. The van der Waals surface area contributed by atoms with Crippen molar-refractivity contribution in [2.75, 3.05) is 14.2 Å². The first-order valence-electron chi connectivity index (χ1n) is 10.9. The van der Waals surface area contributed by atoms with Gasteiger partial charge in [0.15, 0.2) is 0 Å². The molecule has 1 atom stereocenters. The number of ether oxygens (including phenoxy) is 2. The van der Waals surface area contributed by atoms with Crippen LogP contribution < -0.4 is 9.47 Å². The summed E-state index contributed by atoms with van der Waals surface area (Å²) >= 11 is 0. The van der Waals surface area contributed by atoms with E-state index in [9.17, 15) is 0 Å². The van der Waals surface area contributed by atoms with Crippen LogP contribution in [0.25, 0.3) is 22.0 Å². The van der Waals surface area contributed by atoms with Crippen LogP contribution in [0.2, 0.25) is 0 Å². The summed E-state index contributed by atoms with van der Waals surface area (Å²) in [6.45, 7) is 0. The van der Waals surface area contributed by atoms with Gasteiger partial charge in [-0.05, 0) is 47.5 Å². The molecule has 5 rings (SSSR count). The monoisotopic (exact) mass is 438 g/mol. The van der Waals surface area contributed by atoms with Gasteiger partial charge < -0.3 is 19.0 Å². The minimum atomic E-state index is 0.0601. The zero-order chi connectivity index (χ0) is 22.8. The Morgan fingerprint density at radius 1 is 0.909 bits per heavy atom. The topological polar surface area (TPSA) is 65.0 Å². The van der Waals surface area contributed by atoms with Gasteiger partial charge in [0.05, 0.1) is 19.7 Å². The van der Waals surface area contributed by atoms with E-state index in [1.165, 1.54) is 5.56 Å². The molecule has 6 nitrogen and oxygen atoms in total. The summed E-state index contributed by atoms with van der Waals surface area (Å²) in [5.74, 6) is 2.52. The standard InChI is InChI=1S/C27H26N4O2/c1-31-9-6-19(17-31)22-11-21-10-18(4-5-26(21)30-16-22)25(15-27-28-7-8-29-27)20-12-23(32-2)14-24(13-20)33-3/h4-14,16-17,25H,15H2,1-3H3,(H,28,29). The number of imidazole rings is 1. The Morgan fingerprint density at radius 3 is 2.39 bits per heavy atom. The second-order valence-electron chi connectivity index (χ2n) is 8.18. The van der Waals surface area contributed by atoms with Crippen molar-refractivity contribution in [2.45, 2.75) is 12.3 Å². The molecule has 1 N–H and O–H groups in total. The van der Waals surface area contributed by atoms with Gasteiger partial charge in [0.25, 0.3) is 0 Å². The fraction of sp³-hybridized carbons (Fsp3) is 0.185. The van der Waals surface area contributed by atoms with E-state index >= 15 is 0 Å². The third-order valence-corrected chi connectivity index (χ3v) is 6.00. The molecule has 6 heteroatoms. The first kappa shape index (κ1) is 20.8. The van der Waals surface area contributed by atoms with Crippen LogP contribution in [-0.4, -0.2) is 33.7 Å². The van der Waals surface area contributed by atoms with Crippen LogP contribution in [0.15, 0.2) is 79.5 Å². The van der Waals surface area contributed by atoms with E-state index in [4.69, 9.17) is 14.5 Å². The Bertz CT molecular complexity index is 1370. The van der Waals surface area contributed by atoms with E-state index in [1.807, 2.05) is 36.3 Å². The maximum atomic E-state index is 5.54. The number of fused-ring (bicyclic) bond motifs is 1. The van der Waals surface area contributed by atoms with Crippen molar-refractivity contribution < 1.29 is 9.47 Å². The van der Waals surface area contributed by atoms with Gasteiger partial charge in [-0.1, -0.05) is 6.07 Å². The van der Waals surface area contributed by atoms with Crippen LogP contribution in [0.3, 0.4) is 0 Å². The molecule has 166 valence electrons. The van der Waals surface area contributed by atoms with Crippen molar-refractivity contribution in [1.82, 2.24) is 19.5 Å². The Kier molecular flexibility index (Phi) is 5.57. The quantitative estimate of drug-likeness (QED) is 0.372. The summed E-state index contributed by atoms with van der Waals surface area (Å²) in [5, 5.41) is 1.10. The van der Waals surface area contributed by atoms with E-state index in [0.717, 1.165) is 51.3 Å². The number of methoxy groups -OCH3 is 2. The lowest BCUT2D eigenvalue weighted by Crippen LogP contribution is -2.07. The second kappa shape index (κ2) is 8.82. The van der Waals surface area contributed by atoms with Crippen LogP contribution in [0.4, 0.5) is 0 Å². The van der Waals surface area contributed by atoms with Crippen molar-refractivity contribution in [3.05, 3.63) is 96.5 Å². The fourth-order valence-corrected chi connectivity index (χ4v) is 4.26. The highest BCUT2D eigenvalue weighted by molar-refractivity contribution is 5.84. The lowest BCUT2D eigenvalue weighted by molar-refractivity contribution is 0.393. The Morgan fingerprint density at radius 2 is 1.73 bits per heavy atom. The Balaban J connectivity index is 1.61. The third-order valence-electron chi connectivity index (χ3n) is 6.00. The van der Waals surface area contributed by atoms with E-state index in [0.29, 0.717) is 0 Å². The number of benzene rings is 2. The predicted molar refractivity (Wildman–Crippen MR) is 130 cm³/mol. The predicted octanol–water partition coefficient (Wildman–Crippen LogP) is 5.36. The number of nitrogens with one attached hydrogen (secondary N) is 1. The van der Waals surface area contributed by atoms with Gasteiger partial charge in [0.2, 0.25) is 0 Å². The number of pyridine rings is 1. The number of aryl methyl sites for hydroxylation is 1. The summed E-state index contributed by atoms with van der Waals surface area (Å²) in [4.78, 5) is 12.4. The minimum absolute atomic E-state index is 0.0601. The summed E-state index contributed by atoms with van der Waals surface area (Å²) in [7, 11) is 5.37. The van der Waals surface area contributed by atoms with Crippen LogP contribution in [0.5, 0.6) is 11.5 Å². The molecule has 0 spiro atoms. The zero-order valence-electron chi connectivity index (χ0n) is 18.9. The number of rotatable bonds is 7. The lowest BCUT2D eigenvalue weighted by Gasteiger charge is -2.19. The second-order valence-corrected chi connectivity index (χ2v) is 8.18. The van der Waals surface area contributed by atoms with Gasteiger partial charge in [-0.3, -0.25) is 4.98 Å². The van der Waals surface area contributed by atoms with Crippen LogP contribution in [0, 0.1) is 0 Å². The van der Waals surface area contributed by atoms with Gasteiger partial charge in [-0.2, -0.15) is 0 Å². The van der Waals surface area contributed by atoms with E-state index in [1.54, 1.807) is 20.4 Å². The SMILES string of the molecule is COc1cc(OC)cc(C(Cc2ncc[nH]2)c2ccc3ncc(-c4ccn(C)c4)cc3c2)c1. The maximum absolute atomic E-state index is 5.54. The molecule has 1 unspecified atom stereocenters. The largest absolute Gasteiger partial charge is 0.497 e. The average molecular weight is 439 g/mol. The summed E-state index contributed by atoms with van der Waals surface area (Å²) < 4.78 is 13.1.